The summed E-state index contributed by atoms with van der Waals surface area (Å²) in [5.41, 5.74) is 2.01. The summed E-state index contributed by atoms with van der Waals surface area (Å²) in [5, 5.41) is 2.68. The molecular weight excluding hydrogens is 356 g/mol. The molecule has 140 valence electrons. The fraction of sp³-hybridized carbons (Fsp3) is 0.278. The Hall–Kier alpha value is -2.58. The largest absolute Gasteiger partial charge is 0.497 e. The average Bonchev–Trinajstić information content (AvgIpc) is 2.62. The molecular formula is C18H22N2O5S. The van der Waals surface area contributed by atoms with Gasteiger partial charge in [-0.2, -0.15) is 0 Å². The highest BCUT2D eigenvalue weighted by Crippen LogP contribution is 2.25. The quantitative estimate of drug-likeness (QED) is 0.733. The van der Waals surface area contributed by atoms with Crippen LogP contribution in [0.4, 0.5) is 5.69 Å². The number of ether oxygens (including phenoxy) is 2. The molecule has 26 heavy (non-hydrogen) atoms. The number of carbonyl (C=O) groups excluding carboxylic acids is 1. The number of hydrogen-bond acceptors (Lipinski definition) is 5. The Morgan fingerprint density at radius 3 is 2.46 bits per heavy atom. The number of benzene rings is 2. The zero-order valence-corrected chi connectivity index (χ0v) is 15.7. The van der Waals surface area contributed by atoms with E-state index in [2.05, 4.69) is 10.0 Å². The third-order valence-corrected chi connectivity index (χ3v) is 4.99. The predicted octanol–water partition coefficient (Wildman–Crippen LogP) is 2.07. The minimum Gasteiger partial charge on any atom is -0.497 e. The van der Waals surface area contributed by atoms with Crippen LogP contribution in [0.2, 0.25) is 0 Å². The van der Waals surface area contributed by atoms with Crippen LogP contribution in [0.3, 0.4) is 0 Å². The summed E-state index contributed by atoms with van der Waals surface area (Å²) < 4.78 is 37.1. The van der Waals surface area contributed by atoms with Crippen LogP contribution in [-0.2, 0) is 20.6 Å². The predicted molar refractivity (Wildman–Crippen MR) is 100.0 cm³/mol. The third kappa shape index (κ3) is 5.47. The number of hydrogen-bond donors (Lipinski definition) is 2. The molecule has 0 aliphatic rings. The smallest absolute Gasteiger partial charge is 0.239 e. The van der Waals surface area contributed by atoms with Crippen LogP contribution in [0.1, 0.15) is 11.1 Å². The van der Waals surface area contributed by atoms with E-state index < -0.39 is 15.9 Å². The van der Waals surface area contributed by atoms with Crippen molar-refractivity contribution in [1.82, 2.24) is 4.72 Å². The fourth-order valence-corrected chi connectivity index (χ4v) is 3.41. The van der Waals surface area contributed by atoms with Crippen molar-refractivity contribution >= 4 is 21.6 Å². The molecule has 0 radical (unpaired) electrons. The van der Waals surface area contributed by atoms with Crippen molar-refractivity contribution in [3.63, 3.8) is 0 Å². The third-order valence-electron chi connectivity index (χ3n) is 3.71. The van der Waals surface area contributed by atoms with Gasteiger partial charge in [0.25, 0.3) is 0 Å². The lowest BCUT2D eigenvalue weighted by Crippen LogP contribution is -2.33. The van der Waals surface area contributed by atoms with E-state index in [1.807, 2.05) is 19.1 Å². The first kappa shape index (κ1) is 19.7. The van der Waals surface area contributed by atoms with Crippen molar-refractivity contribution in [1.29, 1.82) is 0 Å². The number of carbonyl (C=O) groups is 1. The second-order valence-corrected chi connectivity index (χ2v) is 7.43. The molecule has 0 aliphatic heterocycles. The topological polar surface area (TPSA) is 93.7 Å². The number of anilines is 1. The molecule has 0 saturated carbocycles. The first-order valence-electron chi connectivity index (χ1n) is 7.88. The number of aryl methyl sites for hydroxylation is 1. The summed E-state index contributed by atoms with van der Waals surface area (Å²) in [5.74, 6) is 0.217. The molecule has 0 fully saturated rings. The van der Waals surface area contributed by atoms with Crippen molar-refractivity contribution in [2.75, 3.05) is 26.1 Å². The van der Waals surface area contributed by atoms with Crippen LogP contribution in [0.5, 0.6) is 11.5 Å². The number of sulfonamides is 1. The van der Waals surface area contributed by atoms with Gasteiger partial charge in [0.05, 0.1) is 26.5 Å². The Labute approximate surface area is 153 Å². The van der Waals surface area contributed by atoms with E-state index >= 15 is 0 Å². The van der Waals surface area contributed by atoms with Gasteiger partial charge in [0.15, 0.2) is 0 Å². The van der Waals surface area contributed by atoms with E-state index in [1.54, 1.807) is 30.3 Å². The number of rotatable bonds is 8. The number of nitrogens with one attached hydrogen (secondary N) is 2. The maximum Gasteiger partial charge on any atom is 0.239 e. The van der Waals surface area contributed by atoms with Gasteiger partial charge in [-0.15, -0.1) is 0 Å². The summed E-state index contributed by atoms with van der Waals surface area (Å²) in [6.07, 6.45) is 0. The maximum atomic E-state index is 12.3. The Morgan fingerprint density at radius 2 is 1.81 bits per heavy atom. The minimum absolute atomic E-state index is 0.308. The van der Waals surface area contributed by atoms with Gasteiger partial charge in [-0.3, -0.25) is 4.79 Å². The molecule has 1 amide bonds. The maximum absolute atomic E-state index is 12.3. The molecule has 0 bridgehead atoms. The highest BCUT2D eigenvalue weighted by molar-refractivity contribution is 7.88. The van der Waals surface area contributed by atoms with Gasteiger partial charge >= 0.3 is 0 Å². The van der Waals surface area contributed by atoms with Crippen LogP contribution < -0.4 is 19.5 Å². The summed E-state index contributed by atoms with van der Waals surface area (Å²) in [4.78, 5) is 12.0. The van der Waals surface area contributed by atoms with Gasteiger partial charge in [0, 0.05) is 17.3 Å². The van der Waals surface area contributed by atoms with Gasteiger partial charge in [-0.05, 0) is 24.6 Å². The Kier molecular flexibility index (Phi) is 6.59. The van der Waals surface area contributed by atoms with E-state index in [-0.39, 0.29) is 12.3 Å². The van der Waals surface area contributed by atoms with Crippen molar-refractivity contribution in [3.05, 3.63) is 53.6 Å². The average molecular weight is 378 g/mol. The van der Waals surface area contributed by atoms with Gasteiger partial charge < -0.3 is 14.8 Å². The molecule has 0 aliphatic carbocycles. The normalized spacial score (nSPS) is 11.0. The van der Waals surface area contributed by atoms with E-state index in [0.717, 1.165) is 5.56 Å². The van der Waals surface area contributed by atoms with Crippen molar-refractivity contribution in [2.45, 2.75) is 12.7 Å². The van der Waals surface area contributed by atoms with Gasteiger partial charge in [0.2, 0.25) is 15.9 Å². The van der Waals surface area contributed by atoms with Crippen LogP contribution >= 0.6 is 0 Å². The Balaban J connectivity index is 1.99. The molecule has 0 saturated heterocycles. The minimum atomic E-state index is -3.72. The van der Waals surface area contributed by atoms with Crippen LogP contribution in [0.25, 0.3) is 0 Å². The molecule has 0 spiro atoms. The van der Waals surface area contributed by atoms with Crippen molar-refractivity contribution in [2.24, 2.45) is 0 Å². The van der Waals surface area contributed by atoms with E-state index in [0.29, 0.717) is 22.7 Å². The molecule has 2 N–H and O–H groups in total. The monoisotopic (exact) mass is 378 g/mol. The molecule has 2 aromatic carbocycles. The Morgan fingerprint density at radius 1 is 1.08 bits per heavy atom. The van der Waals surface area contributed by atoms with Crippen LogP contribution in [0, 0.1) is 6.92 Å². The van der Waals surface area contributed by atoms with Gasteiger partial charge in [-0.1, -0.05) is 24.3 Å². The molecule has 0 unspecified atom stereocenters. The standard InChI is InChI=1S/C18H22N2O5S/c1-13-6-4-5-7-16(13)20-18(21)11-19-26(22,23)12-14-8-9-15(24-2)10-17(14)25-3/h4-10,19H,11-12H2,1-3H3,(H,20,21). The van der Waals surface area contributed by atoms with E-state index in [1.165, 1.54) is 14.2 Å². The zero-order chi connectivity index (χ0) is 19.2. The van der Waals surface area contributed by atoms with E-state index in [9.17, 15) is 13.2 Å². The zero-order valence-electron chi connectivity index (χ0n) is 14.9. The molecule has 7 nitrogen and oxygen atoms in total. The van der Waals surface area contributed by atoms with Crippen LogP contribution in [-0.4, -0.2) is 35.1 Å². The second-order valence-electron chi connectivity index (χ2n) is 5.62. The number of para-hydroxylation sites is 1. The molecule has 8 heteroatoms. The van der Waals surface area contributed by atoms with E-state index in [4.69, 9.17) is 9.47 Å². The lowest BCUT2D eigenvalue weighted by atomic mass is 10.2. The molecule has 2 aromatic rings. The SMILES string of the molecule is COc1ccc(CS(=O)(=O)NCC(=O)Nc2ccccc2C)c(OC)c1. The first-order valence-corrected chi connectivity index (χ1v) is 9.53. The summed E-state index contributed by atoms with van der Waals surface area (Å²) >= 11 is 0. The summed E-state index contributed by atoms with van der Waals surface area (Å²) in [6, 6.07) is 12.1. The Bertz CT molecular complexity index is 881. The second kappa shape index (κ2) is 8.68. The molecule has 2 rings (SSSR count). The highest BCUT2D eigenvalue weighted by Gasteiger charge is 2.17. The lowest BCUT2D eigenvalue weighted by Gasteiger charge is -2.12. The number of amides is 1. The van der Waals surface area contributed by atoms with Crippen LogP contribution in [0.15, 0.2) is 42.5 Å². The lowest BCUT2D eigenvalue weighted by molar-refractivity contribution is -0.115. The van der Waals surface area contributed by atoms with Gasteiger partial charge in [0.1, 0.15) is 11.5 Å². The van der Waals surface area contributed by atoms with Crippen molar-refractivity contribution in [3.8, 4) is 11.5 Å². The number of methoxy groups -OCH3 is 2. The molecule has 0 atom stereocenters. The highest BCUT2D eigenvalue weighted by atomic mass is 32.2. The molecule has 0 aromatic heterocycles. The first-order chi connectivity index (χ1) is 12.3. The fourth-order valence-electron chi connectivity index (χ4n) is 2.31. The summed E-state index contributed by atoms with van der Waals surface area (Å²) in [6.45, 7) is 1.50. The summed E-state index contributed by atoms with van der Waals surface area (Å²) in [7, 11) is -0.750. The van der Waals surface area contributed by atoms with Crippen molar-refractivity contribution < 1.29 is 22.7 Å². The molecule has 0 heterocycles. The van der Waals surface area contributed by atoms with Gasteiger partial charge in [-0.25, -0.2) is 13.1 Å².